The molecule has 0 radical (unpaired) electrons. The van der Waals surface area contributed by atoms with Crippen LogP contribution < -0.4 is 11.1 Å². The number of aryl methyl sites for hydroxylation is 2. The van der Waals surface area contributed by atoms with Crippen molar-refractivity contribution in [1.29, 1.82) is 0 Å². The van der Waals surface area contributed by atoms with Crippen molar-refractivity contribution in [3.05, 3.63) is 91.4 Å². The number of nitrogens with one attached hydrogen (secondary N) is 1. The molecule has 9 heteroatoms. The first-order chi connectivity index (χ1) is 16.4. The van der Waals surface area contributed by atoms with Gasteiger partial charge in [-0.15, -0.1) is 23.2 Å². The smallest absolute Gasteiger partial charge is 0.231 e. The molecule has 1 fully saturated rings. The average molecular weight is 571 g/mol. The highest BCUT2D eigenvalue weighted by molar-refractivity contribution is 6.53. The molecule has 3 N–H and O–H groups in total. The maximum Gasteiger partial charge on any atom is 0.231 e. The number of benzene rings is 3. The van der Waals surface area contributed by atoms with Gasteiger partial charge in [-0.3, -0.25) is 9.59 Å². The van der Waals surface area contributed by atoms with Crippen molar-refractivity contribution in [1.82, 2.24) is 0 Å². The minimum atomic E-state index is -1.31. The third-order valence-electron chi connectivity index (χ3n) is 6.19. The molecule has 4 rings (SSSR count). The molecular weight excluding hydrogens is 550 g/mol. The van der Waals surface area contributed by atoms with Crippen LogP contribution in [-0.4, -0.2) is 16.0 Å². The van der Waals surface area contributed by atoms with Crippen LogP contribution in [0.1, 0.15) is 38.5 Å². The van der Waals surface area contributed by atoms with Crippen LogP contribution in [0.3, 0.4) is 0 Å². The van der Waals surface area contributed by atoms with E-state index in [1.165, 1.54) is 0 Å². The summed E-state index contributed by atoms with van der Waals surface area (Å²) in [4.78, 5) is 26.1. The van der Waals surface area contributed by atoms with Crippen LogP contribution >= 0.6 is 58.0 Å². The Morgan fingerprint density at radius 1 is 0.943 bits per heavy atom. The summed E-state index contributed by atoms with van der Waals surface area (Å²) in [5.74, 6) is -1.77. The lowest BCUT2D eigenvalue weighted by atomic mass is 9.96. The Labute approximate surface area is 228 Å². The van der Waals surface area contributed by atoms with E-state index in [1.54, 1.807) is 36.4 Å². The number of rotatable bonds is 6. The highest BCUT2D eigenvalue weighted by atomic mass is 35.5. The lowest BCUT2D eigenvalue weighted by molar-refractivity contribution is -0.117. The summed E-state index contributed by atoms with van der Waals surface area (Å²) in [6.45, 7) is 3.79. The molecule has 3 aromatic rings. The molecule has 0 heterocycles. The number of nitrogen functional groups attached to an aromatic ring is 1. The van der Waals surface area contributed by atoms with Crippen molar-refractivity contribution in [3.8, 4) is 0 Å². The number of anilines is 2. The van der Waals surface area contributed by atoms with Crippen molar-refractivity contribution in [3.63, 3.8) is 0 Å². The second-order valence-corrected chi connectivity index (χ2v) is 11.5. The highest BCUT2D eigenvalue weighted by Gasteiger charge is 2.67. The van der Waals surface area contributed by atoms with E-state index < -0.39 is 16.2 Å². The first-order valence-corrected chi connectivity index (χ1v) is 12.6. The fraction of sp³-hybridized carbons (Fsp3) is 0.231. The quantitative estimate of drug-likeness (QED) is 0.180. The number of amides is 1. The molecule has 1 saturated carbocycles. The van der Waals surface area contributed by atoms with E-state index in [2.05, 4.69) is 5.32 Å². The number of halogens is 5. The number of Topliss-reactive ketones (excluding diaryl/α,β-unsaturated/α-hetero) is 1. The fourth-order valence-electron chi connectivity index (χ4n) is 4.22. The standard InChI is InChI=1S/C26H21Cl5N2O2/c1-12-6-21(32)13(2)5-14(12)9-22(34)19-11-18(3-4-20(19)29)33-25(35)24-23(26(24,30)31)15-7-16(27)10-17(28)8-15/h3-8,10-11,23-24H,9,32H2,1-2H3,(H,33,35). The van der Waals surface area contributed by atoms with Gasteiger partial charge in [0.1, 0.15) is 4.33 Å². The maximum atomic E-state index is 13.1. The SMILES string of the molecule is Cc1cc(CC(=O)c2cc(NC(=O)C3C(c4cc(Cl)cc(Cl)c4)C3(Cl)Cl)ccc2Cl)c(C)cc1N. The average Bonchev–Trinajstić information content (AvgIpc) is 3.34. The van der Waals surface area contributed by atoms with Crippen molar-refractivity contribution in [2.45, 2.75) is 30.5 Å². The first-order valence-electron chi connectivity index (χ1n) is 10.7. The molecule has 0 bridgehead atoms. The van der Waals surface area contributed by atoms with Crippen molar-refractivity contribution >= 4 is 81.1 Å². The summed E-state index contributed by atoms with van der Waals surface area (Å²) < 4.78 is -1.31. The third-order valence-corrected chi connectivity index (χ3v) is 7.90. The largest absolute Gasteiger partial charge is 0.399 e. The van der Waals surface area contributed by atoms with Crippen LogP contribution in [-0.2, 0) is 11.2 Å². The number of hydrogen-bond acceptors (Lipinski definition) is 3. The zero-order valence-corrected chi connectivity index (χ0v) is 22.5. The molecule has 0 spiro atoms. The van der Waals surface area contributed by atoms with Gasteiger partial charge < -0.3 is 11.1 Å². The van der Waals surface area contributed by atoms with E-state index in [4.69, 9.17) is 63.7 Å². The van der Waals surface area contributed by atoms with Gasteiger partial charge in [0.05, 0.1) is 10.9 Å². The number of alkyl halides is 2. The summed E-state index contributed by atoms with van der Waals surface area (Å²) in [6.07, 6.45) is 0.150. The Hall–Kier alpha value is -1.95. The molecule has 2 unspecified atom stereocenters. The second-order valence-electron chi connectivity index (χ2n) is 8.75. The normalized spacial score (nSPS) is 18.3. The summed E-state index contributed by atoms with van der Waals surface area (Å²) in [6, 6.07) is 13.5. The minimum Gasteiger partial charge on any atom is -0.399 e. The third kappa shape index (κ3) is 5.42. The molecular formula is C26H21Cl5N2O2. The Bertz CT molecular complexity index is 1340. The Morgan fingerprint density at radius 3 is 2.26 bits per heavy atom. The molecule has 182 valence electrons. The summed E-state index contributed by atoms with van der Waals surface area (Å²) in [5, 5.41) is 3.94. The van der Waals surface area contributed by atoms with Gasteiger partial charge in [0.25, 0.3) is 0 Å². The predicted molar refractivity (Wildman–Crippen MR) is 146 cm³/mol. The molecule has 1 amide bonds. The van der Waals surface area contributed by atoms with E-state index in [-0.39, 0.29) is 18.1 Å². The number of nitrogens with two attached hydrogens (primary N) is 1. The van der Waals surface area contributed by atoms with Crippen molar-refractivity contribution in [2.24, 2.45) is 5.92 Å². The zero-order chi connectivity index (χ0) is 25.7. The molecule has 3 aromatic carbocycles. The van der Waals surface area contributed by atoms with Crippen LogP contribution in [0, 0.1) is 19.8 Å². The number of hydrogen-bond donors (Lipinski definition) is 2. The van der Waals surface area contributed by atoms with Crippen LogP contribution in [0.15, 0.2) is 48.5 Å². The van der Waals surface area contributed by atoms with Gasteiger partial charge in [-0.05, 0) is 78.6 Å². The molecule has 0 saturated heterocycles. The summed E-state index contributed by atoms with van der Waals surface area (Å²) >= 11 is 31.4. The minimum absolute atomic E-state index is 0.150. The fourth-order valence-corrected chi connectivity index (χ4v) is 5.81. The lowest BCUT2D eigenvalue weighted by Crippen LogP contribution is -2.17. The monoisotopic (exact) mass is 568 g/mol. The van der Waals surface area contributed by atoms with Crippen LogP contribution in [0.25, 0.3) is 0 Å². The van der Waals surface area contributed by atoms with Gasteiger partial charge in [0.15, 0.2) is 5.78 Å². The number of ketones is 1. The highest BCUT2D eigenvalue weighted by Crippen LogP contribution is 2.65. The van der Waals surface area contributed by atoms with Crippen molar-refractivity contribution < 1.29 is 9.59 Å². The molecule has 1 aliphatic rings. The van der Waals surface area contributed by atoms with Crippen LogP contribution in [0.5, 0.6) is 0 Å². The zero-order valence-electron chi connectivity index (χ0n) is 18.8. The van der Waals surface area contributed by atoms with E-state index in [9.17, 15) is 9.59 Å². The molecule has 35 heavy (non-hydrogen) atoms. The molecule has 0 aliphatic heterocycles. The molecule has 2 atom stereocenters. The molecule has 4 nitrogen and oxygen atoms in total. The number of carbonyl (C=O) groups is 2. The van der Waals surface area contributed by atoms with Gasteiger partial charge >= 0.3 is 0 Å². The lowest BCUT2D eigenvalue weighted by Gasteiger charge is -2.12. The molecule has 1 aliphatic carbocycles. The van der Waals surface area contributed by atoms with E-state index in [1.807, 2.05) is 26.0 Å². The van der Waals surface area contributed by atoms with Gasteiger partial charge in [0.2, 0.25) is 5.91 Å². The Kier molecular flexibility index (Phi) is 7.34. The second kappa shape index (κ2) is 9.84. The van der Waals surface area contributed by atoms with Gasteiger partial charge in [-0.25, -0.2) is 0 Å². The molecule has 0 aromatic heterocycles. The topological polar surface area (TPSA) is 72.2 Å². The number of carbonyl (C=O) groups excluding carboxylic acids is 2. The van der Waals surface area contributed by atoms with Crippen LogP contribution in [0.2, 0.25) is 15.1 Å². The van der Waals surface area contributed by atoms with Crippen molar-refractivity contribution in [2.75, 3.05) is 11.1 Å². The van der Waals surface area contributed by atoms with Gasteiger partial charge in [0, 0.05) is 39.3 Å². The summed E-state index contributed by atoms with van der Waals surface area (Å²) in [7, 11) is 0. The maximum absolute atomic E-state index is 13.1. The van der Waals surface area contributed by atoms with Gasteiger partial charge in [-0.1, -0.05) is 40.9 Å². The Balaban J connectivity index is 1.52. The first kappa shape index (κ1) is 26.1. The van der Waals surface area contributed by atoms with E-state index in [0.29, 0.717) is 37.6 Å². The van der Waals surface area contributed by atoms with E-state index >= 15 is 0 Å². The van der Waals surface area contributed by atoms with E-state index in [0.717, 1.165) is 16.7 Å². The summed E-state index contributed by atoms with van der Waals surface area (Å²) in [5.41, 5.74) is 10.7. The Morgan fingerprint density at radius 2 is 1.60 bits per heavy atom. The predicted octanol–water partition coefficient (Wildman–Crippen LogP) is 7.80. The van der Waals surface area contributed by atoms with Gasteiger partial charge in [-0.2, -0.15) is 0 Å². The van der Waals surface area contributed by atoms with Crippen LogP contribution in [0.4, 0.5) is 11.4 Å².